The number of nitrogens with one attached hydrogen (secondary N) is 2. The fourth-order valence-electron chi connectivity index (χ4n) is 3.30. The average Bonchev–Trinajstić information content (AvgIpc) is 2.84. The lowest BCUT2D eigenvalue weighted by molar-refractivity contribution is 0.0958. The van der Waals surface area contributed by atoms with Crippen LogP contribution in [0.3, 0.4) is 0 Å². The van der Waals surface area contributed by atoms with Gasteiger partial charge in [0.05, 0.1) is 25.0 Å². The molecule has 9 heteroatoms. The summed E-state index contributed by atoms with van der Waals surface area (Å²) in [5.41, 5.74) is 4.17. The topological polar surface area (TPSA) is 135 Å². The standard InChI is InChI=1S/C23H22N6O2.H2O/c24-10-12-25-22(30)18-3-1-17(2-4-18)21-9-11-26-23(28-21)27-19-5-7-20(8-6-19)29-13-15-31-16-14-29;/h1-9,11H,12-16H2,(H,25,30)(H,26,27,28);1H2. The molecule has 2 aromatic carbocycles. The Morgan fingerprint density at radius 2 is 1.78 bits per heavy atom. The number of amides is 1. The molecule has 1 saturated heterocycles. The molecule has 9 nitrogen and oxygen atoms in total. The number of benzene rings is 2. The lowest BCUT2D eigenvalue weighted by atomic mass is 10.1. The van der Waals surface area contributed by atoms with Crippen LogP contribution in [0.25, 0.3) is 11.3 Å². The summed E-state index contributed by atoms with van der Waals surface area (Å²) in [6, 6.07) is 18.9. The van der Waals surface area contributed by atoms with Crippen molar-refractivity contribution >= 4 is 23.2 Å². The number of hydrogen-bond acceptors (Lipinski definition) is 7. The molecule has 1 fully saturated rings. The van der Waals surface area contributed by atoms with Crippen molar-refractivity contribution in [2.45, 2.75) is 0 Å². The van der Waals surface area contributed by atoms with Crippen molar-refractivity contribution in [1.29, 1.82) is 5.26 Å². The van der Waals surface area contributed by atoms with Crippen molar-refractivity contribution in [3.63, 3.8) is 0 Å². The van der Waals surface area contributed by atoms with Crippen molar-refractivity contribution in [2.24, 2.45) is 0 Å². The first-order valence-corrected chi connectivity index (χ1v) is 10.0. The second kappa shape index (κ2) is 10.9. The fraction of sp³-hybridized carbons (Fsp3) is 0.217. The SMILES string of the molecule is N#CCNC(=O)c1ccc(-c2ccnc(Nc3ccc(N4CCOCC4)cc3)n2)cc1.O. The Hall–Kier alpha value is -4.00. The van der Waals surface area contributed by atoms with Gasteiger partial charge in [-0.25, -0.2) is 9.97 Å². The molecule has 2 heterocycles. The largest absolute Gasteiger partial charge is 0.412 e. The molecule has 32 heavy (non-hydrogen) atoms. The molecule has 0 unspecified atom stereocenters. The van der Waals surface area contributed by atoms with Gasteiger partial charge in [-0.15, -0.1) is 0 Å². The van der Waals surface area contributed by atoms with Gasteiger partial charge in [-0.2, -0.15) is 5.26 Å². The highest BCUT2D eigenvalue weighted by Crippen LogP contribution is 2.22. The monoisotopic (exact) mass is 432 g/mol. The molecule has 0 aliphatic carbocycles. The highest BCUT2D eigenvalue weighted by molar-refractivity contribution is 5.94. The molecule has 3 aromatic rings. The number of ether oxygens (including phenoxy) is 1. The Morgan fingerprint density at radius 1 is 1.06 bits per heavy atom. The zero-order valence-electron chi connectivity index (χ0n) is 17.4. The number of anilines is 3. The summed E-state index contributed by atoms with van der Waals surface area (Å²) in [7, 11) is 0. The minimum Gasteiger partial charge on any atom is -0.412 e. The lowest BCUT2D eigenvalue weighted by Crippen LogP contribution is -2.36. The third-order valence-corrected chi connectivity index (χ3v) is 4.93. The minimum absolute atomic E-state index is 0. The Morgan fingerprint density at radius 3 is 2.47 bits per heavy atom. The van der Waals surface area contributed by atoms with E-state index in [1.54, 1.807) is 18.3 Å². The Labute approximate surface area is 186 Å². The maximum absolute atomic E-state index is 11.9. The van der Waals surface area contributed by atoms with E-state index >= 15 is 0 Å². The second-order valence-electron chi connectivity index (χ2n) is 6.95. The van der Waals surface area contributed by atoms with E-state index in [2.05, 4.69) is 37.6 Å². The van der Waals surface area contributed by atoms with E-state index in [9.17, 15) is 4.79 Å². The Kier molecular flexibility index (Phi) is 7.70. The predicted molar refractivity (Wildman–Crippen MR) is 122 cm³/mol. The van der Waals surface area contributed by atoms with Crippen LogP contribution < -0.4 is 15.5 Å². The summed E-state index contributed by atoms with van der Waals surface area (Å²) < 4.78 is 5.40. The first-order valence-electron chi connectivity index (χ1n) is 10.0. The molecular formula is C23H24N6O3. The summed E-state index contributed by atoms with van der Waals surface area (Å²) >= 11 is 0. The molecule has 0 bridgehead atoms. The van der Waals surface area contributed by atoms with Crippen molar-refractivity contribution in [3.8, 4) is 17.3 Å². The fourth-order valence-corrected chi connectivity index (χ4v) is 3.30. The van der Waals surface area contributed by atoms with Crippen molar-refractivity contribution < 1.29 is 15.0 Å². The molecule has 164 valence electrons. The zero-order chi connectivity index (χ0) is 21.5. The summed E-state index contributed by atoms with van der Waals surface area (Å²) in [5.74, 6) is 0.214. The summed E-state index contributed by atoms with van der Waals surface area (Å²) in [6.07, 6.45) is 1.69. The van der Waals surface area contributed by atoms with Crippen molar-refractivity contribution in [3.05, 3.63) is 66.4 Å². The van der Waals surface area contributed by atoms with Gasteiger partial charge < -0.3 is 25.7 Å². The first-order chi connectivity index (χ1) is 15.2. The average molecular weight is 432 g/mol. The van der Waals surface area contributed by atoms with Crippen LogP contribution in [0, 0.1) is 11.3 Å². The molecule has 1 amide bonds. The number of nitrogens with zero attached hydrogens (tertiary/aromatic N) is 4. The van der Waals surface area contributed by atoms with Gasteiger partial charge >= 0.3 is 0 Å². The molecule has 1 aromatic heterocycles. The molecule has 0 atom stereocenters. The second-order valence-corrected chi connectivity index (χ2v) is 6.95. The summed E-state index contributed by atoms with van der Waals surface area (Å²) in [6.45, 7) is 3.29. The molecular weight excluding hydrogens is 408 g/mol. The highest BCUT2D eigenvalue weighted by Gasteiger charge is 2.11. The number of hydrogen-bond donors (Lipinski definition) is 2. The van der Waals surface area contributed by atoms with Crippen molar-refractivity contribution in [1.82, 2.24) is 15.3 Å². The van der Waals surface area contributed by atoms with E-state index in [1.807, 2.05) is 36.4 Å². The number of morpholine rings is 1. The smallest absolute Gasteiger partial charge is 0.252 e. The Bertz CT molecular complexity index is 1070. The normalized spacial score (nSPS) is 12.9. The quantitative estimate of drug-likeness (QED) is 0.570. The number of aromatic nitrogens is 2. The van der Waals surface area contributed by atoms with Crippen LogP contribution in [0.1, 0.15) is 10.4 Å². The third kappa shape index (κ3) is 5.57. The van der Waals surface area contributed by atoms with Gasteiger partial charge in [0.2, 0.25) is 5.95 Å². The van der Waals surface area contributed by atoms with Gasteiger partial charge in [-0.3, -0.25) is 4.79 Å². The van der Waals surface area contributed by atoms with E-state index in [-0.39, 0.29) is 17.9 Å². The van der Waals surface area contributed by atoms with Crippen LogP contribution in [-0.2, 0) is 4.74 Å². The van der Waals surface area contributed by atoms with Gasteiger partial charge in [0.1, 0.15) is 6.54 Å². The van der Waals surface area contributed by atoms with Crippen LogP contribution in [0.4, 0.5) is 17.3 Å². The number of rotatable bonds is 6. The van der Waals surface area contributed by atoms with E-state index < -0.39 is 0 Å². The molecule has 1 aliphatic heterocycles. The van der Waals surface area contributed by atoms with Gasteiger partial charge in [0.15, 0.2) is 0 Å². The minimum atomic E-state index is -0.279. The molecule has 4 N–H and O–H groups in total. The molecule has 0 saturated carbocycles. The van der Waals surface area contributed by atoms with E-state index in [4.69, 9.17) is 10.00 Å². The van der Waals surface area contributed by atoms with Gasteiger partial charge in [0.25, 0.3) is 5.91 Å². The maximum Gasteiger partial charge on any atom is 0.252 e. The van der Waals surface area contributed by atoms with Crippen LogP contribution in [0.15, 0.2) is 60.8 Å². The zero-order valence-corrected chi connectivity index (χ0v) is 17.4. The molecule has 4 rings (SSSR count). The number of nitriles is 1. The van der Waals surface area contributed by atoms with E-state index in [0.717, 1.165) is 43.2 Å². The van der Waals surface area contributed by atoms with Gasteiger partial charge in [-0.05, 0) is 42.5 Å². The predicted octanol–water partition coefficient (Wildman–Crippen LogP) is 2.15. The van der Waals surface area contributed by atoms with Crippen LogP contribution in [0.5, 0.6) is 0 Å². The van der Waals surface area contributed by atoms with Crippen LogP contribution in [0.2, 0.25) is 0 Å². The van der Waals surface area contributed by atoms with Crippen molar-refractivity contribution in [2.75, 3.05) is 43.1 Å². The number of carbonyl (C=O) groups excluding carboxylic acids is 1. The lowest BCUT2D eigenvalue weighted by Gasteiger charge is -2.28. The van der Waals surface area contributed by atoms with Gasteiger partial charge in [-0.1, -0.05) is 12.1 Å². The number of carbonyl (C=O) groups is 1. The maximum atomic E-state index is 11.9. The van der Waals surface area contributed by atoms with Crippen LogP contribution >= 0.6 is 0 Å². The van der Waals surface area contributed by atoms with E-state index in [0.29, 0.717) is 11.5 Å². The summed E-state index contributed by atoms with van der Waals surface area (Å²) in [4.78, 5) is 23.1. The molecule has 1 aliphatic rings. The third-order valence-electron chi connectivity index (χ3n) is 4.93. The first kappa shape index (κ1) is 22.7. The Balaban J connectivity index is 0.00000289. The van der Waals surface area contributed by atoms with Gasteiger partial charge in [0, 0.05) is 41.8 Å². The van der Waals surface area contributed by atoms with Crippen LogP contribution in [-0.4, -0.2) is 54.2 Å². The molecule has 0 spiro atoms. The summed E-state index contributed by atoms with van der Waals surface area (Å²) in [5, 5.41) is 14.3. The highest BCUT2D eigenvalue weighted by atomic mass is 16.5. The van der Waals surface area contributed by atoms with E-state index in [1.165, 1.54) is 5.69 Å². The molecule has 0 radical (unpaired) electrons.